The number of rotatable bonds is 2. The molecule has 0 amide bonds. The van der Waals surface area contributed by atoms with Crippen molar-refractivity contribution in [2.75, 3.05) is 26.2 Å². The van der Waals surface area contributed by atoms with Crippen LogP contribution in [0.5, 0.6) is 5.75 Å². The van der Waals surface area contributed by atoms with Gasteiger partial charge in [0.25, 0.3) is 0 Å². The maximum Gasteiger partial charge on any atom is 0.169 e. The van der Waals surface area contributed by atoms with Crippen molar-refractivity contribution in [1.82, 2.24) is 15.6 Å². The molecule has 0 radical (unpaired) electrons. The van der Waals surface area contributed by atoms with Crippen molar-refractivity contribution in [3.63, 3.8) is 0 Å². The Hall–Kier alpha value is -2.18. The van der Waals surface area contributed by atoms with Crippen LogP contribution < -0.4 is 21.9 Å². The Bertz CT molecular complexity index is 560. The summed E-state index contributed by atoms with van der Waals surface area (Å²) < 4.78 is 0. The third kappa shape index (κ3) is 2.43. The van der Waals surface area contributed by atoms with Crippen molar-refractivity contribution < 1.29 is 10.5 Å². The second kappa shape index (κ2) is 5.44. The first-order valence-corrected chi connectivity index (χ1v) is 6.81. The van der Waals surface area contributed by atoms with Gasteiger partial charge in [-0.25, -0.2) is 10.9 Å². The van der Waals surface area contributed by atoms with Gasteiger partial charge < -0.3 is 21.1 Å². The summed E-state index contributed by atoms with van der Waals surface area (Å²) in [5.41, 5.74) is 13.7. The highest BCUT2D eigenvalue weighted by Crippen LogP contribution is 2.23. The van der Waals surface area contributed by atoms with Gasteiger partial charge in [-0.3, -0.25) is 0 Å². The quantitative estimate of drug-likeness (QED) is 0.439. The molecule has 2 aliphatic rings. The molecule has 2 aliphatic heterocycles. The van der Waals surface area contributed by atoms with E-state index >= 15 is 0 Å². The molecular weight excluding hydrogens is 254 g/mol. The predicted molar refractivity (Wildman–Crippen MR) is 76.8 cm³/mol. The highest BCUT2D eigenvalue weighted by atomic mass is 16.3. The fraction of sp³-hybridized carbons (Fsp3) is 0.286. The number of hydrogen-bond donors (Lipinski definition) is 5. The van der Waals surface area contributed by atoms with Crippen LogP contribution in [0.4, 0.5) is 0 Å². The number of hydrogen-bond acceptors (Lipinski definition) is 5. The second-order valence-corrected chi connectivity index (χ2v) is 4.94. The normalized spacial score (nSPS) is 19.6. The van der Waals surface area contributed by atoms with E-state index in [1.807, 2.05) is 29.7 Å². The third-order valence-corrected chi connectivity index (χ3v) is 3.62. The zero-order valence-corrected chi connectivity index (χ0v) is 11.3. The molecule has 1 fully saturated rings. The maximum absolute atomic E-state index is 9.97. The minimum Gasteiger partial charge on any atom is -0.507 e. The zero-order chi connectivity index (χ0) is 13.9. The Morgan fingerprint density at radius 2 is 1.95 bits per heavy atom. The molecule has 3 rings (SSSR count). The number of benzene rings is 1. The summed E-state index contributed by atoms with van der Waals surface area (Å²) in [4.78, 5) is 2.26. The van der Waals surface area contributed by atoms with Gasteiger partial charge in [0.2, 0.25) is 0 Å². The summed E-state index contributed by atoms with van der Waals surface area (Å²) in [5.74, 6) is 0.933. The molecule has 0 saturated carbocycles. The molecule has 1 aromatic rings. The van der Waals surface area contributed by atoms with Gasteiger partial charge in [0, 0.05) is 32.3 Å². The number of phenolic OH excluding ortho intramolecular Hbond substituents is 1. The van der Waals surface area contributed by atoms with Crippen LogP contribution in [0, 0.1) is 0 Å². The van der Waals surface area contributed by atoms with Gasteiger partial charge in [-0.1, -0.05) is 12.1 Å². The van der Waals surface area contributed by atoms with Crippen LogP contribution in [-0.4, -0.2) is 36.2 Å². The second-order valence-electron chi connectivity index (χ2n) is 4.94. The lowest BCUT2D eigenvalue weighted by Gasteiger charge is -2.32. The molecule has 0 aromatic heterocycles. The summed E-state index contributed by atoms with van der Waals surface area (Å²) in [5, 5.41) is 13.3. The topological polar surface area (TPSA) is 90.2 Å². The molecule has 106 valence electrons. The van der Waals surface area contributed by atoms with Gasteiger partial charge in [0.1, 0.15) is 5.75 Å². The van der Waals surface area contributed by atoms with Crippen LogP contribution >= 0.6 is 0 Å². The van der Waals surface area contributed by atoms with Crippen molar-refractivity contribution in [3.05, 3.63) is 47.4 Å². The van der Waals surface area contributed by atoms with E-state index in [1.165, 1.54) is 0 Å². The number of nitrogens with one attached hydrogen (secondary N) is 2. The molecular formula is C14H20N5O+. The van der Waals surface area contributed by atoms with Crippen LogP contribution in [0.15, 0.2) is 41.9 Å². The van der Waals surface area contributed by atoms with Crippen molar-refractivity contribution in [2.24, 2.45) is 5.73 Å². The maximum atomic E-state index is 9.97. The minimum atomic E-state index is 0.275. The Morgan fingerprint density at radius 1 is 1.20 bits per heavy atom. The van der Waals surface area contributed by atoms with Crippen molar-refractivity contribution in [3.8, 4) is 5.75 Å². The number of para-hydroxylation sites is 1. The molecule has 0 spiro atoms. The summed E-state index contributed by atoms with van der Waals surface area (Å²) in [6.07, 6.45) is 2.03. The Labute approximate surface area is 117 Å². The molecule has 1 aromatic carbocycles. The van der Waals surface area contributed by atoms with Gasteiger partial charge in [-0.05, 0) is 12.1 Å². The van der Waals surface area contributed by atoms with Crippen LogP contribution in [0.25, 0.3) is 5.70 Å². The average molecular weight is 274 g/mol. The van der Waals surface area contributed by atoms with E-state index in [0.29, 0.717) is 5.82 Å². The largest absolute Gasteiger partial charge is 0.507 e. The van der Waals surface area contributed by atoms with E-state index in [-0.39, 0.29) is 5.75 Å². The Morgan fingerprint density at radius 3 is 2.70 bits per heavy atom. The molecule has 0 atom stereocenters. The fourth-order valence-corrected chi connectivity index (χ4v) is 2.54. The molecule has 6 nitrogen and oxygen atoms in total. The number of piperazine rings is 1. The standard InChI is InChI=1S/C14H19N5O/c15-14-12(19-7-5-16-6-8-19)9-11(17-18-14)10-3-1-2-4-13(10)20/h1-4,9,16-18,20H,5-8,15H2/p+1. The third-order valence-electron chi connectivity index (χ3n) is 3.62. The highest BCUT2D eigenvalue weighted by Gasteiger charge is 2.22. The first-order chi connectivity index (χ1) is 9.75. The fourth-order valence-electron chi connectivity index (χ4n) is 2.54. The lowest BCUT2D eigenvalue weighted by molar-refractivity contribution is -0.619. The minimum absolute atomic E-state index is 0.275. The van der Waals surface area contributed by atoms with Crippen molar-refractivity contribution in [2.45, 2.75) is 0 Å². The Balaban J connectivity index is 1.92. The van der Waals surface area contributed by atoms with Crippen LogP contribution in [0.1, 0.15) is 5.56 Å². The number of aromatic hydroxyl groups is 1. The molecule has 0 aliphatic carbocycles. The lowest BCUT2D eigenvalue weighted by Crippen LogP contribution is -2.91. The van der Waals surface area contributed by atoms with Gasteiger partial charge in [-0.2, -0.15) is 0 Å². The van der Waals surface area contributed by atoms with E-state index in [9.17, 15) is 5.11 Å². The summed E-state index contributed by atoms with van der Waals surface area (Å²) >= 11 is 0. The SMILES string of the molecule is NC1=C(N2CCNCC2)C=C(c2ccccc2O)[NH2+]N1. The number of phenols is 1. The molecule has 20 heavy (non-hydrogen) atoms. The molecule has 6 heteroatoms. The first kappa shape index (κ1) is 12.8. The van der Waals surface area contributed by atoms with Crippen LogP contribution in [-0.2, 0) is 0 Å². The number of nitrogens with two attached hydrogens (primary N) is 2. The van der Waals surface area contributed by atoms with E-state index in [4.69, 9.17) is 5.73 Å². The molecule has 7 N–H and O–H groups in total. The van der Waals surface area contributed by atoms with Gasteiger partial charge in [-0.15, -0.1) is 0 Å². The number of quaternary nitrogens is 1. The lowest BCUT2D eigenvalue weighted by atomic mass is 10.1. The monoisotopic (exact) mass is 274 g/mol. The molecule has 2 heterocycles. The summed E-state index contributed by atoms with van der Waals surface area (Å²) in [6, 6.07) is 7.32. The molecule has 0 unspecified atom stereocenters. The van der Waals surface area contributed by atoms with E-state index in [0.717, 1.165) is 43.1 Å². The summed E-state index contributed by atoms with van der Waals surface area (Å²) in [6.45, 7) is 3.78. The number of nitrogens with zero attached hydrogens (tertiary/aromatic N) is 1. The highest BCUT2D eigenvalue weighted by molar-refractivity contribution is 5.66. The van der Waals surface area contributed by atoms with Gasteiger partial charge in [0.15, 0.2) is 11.5 Å². The van der Waals surface area contributed by atoms with E-state index < -0.39 is 0 Å². The van der Waals surface area contributed by atoms with Crippen molar-refractivity contribution in [1.29, 1.82) is 0 Å². The van der Waals surface area contributed by atoms with Gasteiger partial charge in [0.05, 0.1) is 11.3 Å². The smallest absolute Gasteiger partial charge is 0.169 e. The zero-order valence-electron chi connectivity index (χ0n) is 11.3. The van der Waals surface area contributed by atoms with Crippen LogP contribution in [0.2, 0.25) is 0 Å². The summed E-state index contributed by atoms with van der Waals surface area (Å²) in [7, 11) is 0. The first-order valence-electron chi connectivity index (χ1n) is 6.81. The molecule has 1 saturated heterocycles. The Kier molecular flexibility index (Phi) is 3.49. The van der Waals surface area contributed by atoms with E-state index in [2.05, 4.69) is 15.6 Å². The van der Waals surface area contributed by atoms with Crippen LogP contribution in [0.3, 0.4) is 0 Å². The number of allylic oxidation sites excluding steroid dienone is 1. The average Bonchev–Trinajstić information content (AvgIpc) is 2.49. The van der Waals surface area contributed by atoms with Crippen molar-refractivity contribution >= 4 is 5.70 Å². The molecule has 0 bridgehead atoms. The van der Waals surface area contributed by atoms with Gasteiger partial charge >= 0.3 is 0 Å². The predicted octanol–water partition coefficient (Wildman–Crippen LogP) is -1.15. The van der Waals surface area contributed by atoms with E-state index in [1.54, 1.807) is 6.07 Å².